The van der Waals surface area contributed by atoms with Crippen LogP contribution in [0.3, 0.4) is 0 Å². The second kappa shape index (κ2) is 7.08. The Bertz CT molecular complexity index is 898. The minimum Gasteiger partial charge on any atom is -0.454 e. The predicted octanol–water partition coefficient (Wildman–Crippen LogP) is 0.789. The van der Waals surface area contributed by atoms with Gasteiger partial charge >= 0.3 is 0 Å². The monoisotopic (exact) mass is 363 g/mol. The number of carbonyl (C=O) groups is 1. The van der Waals surface area contributed by atoms with E-state index >= 15 is 0 Å². The number of aromatic nitrogens is 1. The van der Waals surface area contributed by atoms with Crippen LogP contribution in [0.2, 0.25) is 0 Å². The third kappa shape index (κ3) is 4.68. The van der Waals surface area contributed by atoms with E-state index in [1.165, 1.54) is 6.20 Å². The summed E-state index contributed by atoms with van der Waals surface area (Å²) < 4.78 is 35.1. The predicted molar refractivity (Wildman–Crippen MR) is 89.7 cm³/mol. The van der Waals surface area contributed by atoms with Crippen LogP contribution in [0.15, 0.2) is 36.5 Å². The molecule has 1 amide bonds. The zero-order valence-electron chi connectivity index (χ0n) is 13.5. The Morgan fingerprint density at radius 1 is 1.16 bits per heavy atom. The molecule has 2 N–H and O–H groups in total. The highest BCUT2D eigenvalue weighted by Gasteiger charge is 2.14. The molecule has 0 spiro atoms. The quantitative estimate of drug-likeness (QED) is 0.786. The molecule has 2 aromatic rings. The maximum Gasteiger partial charge on any atom is 0.251 e. The smallest absolute Gasteiger partial charge is 0.251 e. The summed E-state index contributed by atoms with van der Waals surface area (Å²) in [5.74, 6) is 1.07. The molecule has 8 nitrogen and oxygen atoms in total. The Labute approximate surface area is 145 Å². The van der Waals surface area contributed by atoms with E-state index in [0.29, 0.717) is 29.3 Å². The summed E-state index contributed by atoms with van der Waals surface area (Å²) >= 11 is 0. The molecule has 132 valence electrons. The van der Waals surface area contributed by atoms with Crippen molar-refractivity contribution in [3.8, 4) is 11.5 Å². The number of ether oxygens (including phenoxy) is 2. The van der Waals surface area contributed by atoms with Crippen LogP contribution >= 0.6 is 0 Å². The van der Waals surface area contributed by atoms with Crippen molar-refractivity contribution in [2.45, 2.75) is 13.1 Å². The van der Waals surface area contributed by atoms with Crippen LogP contribution in [0, 0.1) is 0 Å². The van der Waals surface area contributed by atoms with Crippen molar-refractivity contribution < 1.29 is 22.7 Å². The van der Waals surface area contributed by atoms with Crippen molar-refractivity contribution in [2.24, 2.45) is 0 Å². The molecule has 25 heavy (non-hydrogen) atoms. The highest BCUT2D eigenvalue weighted by atomic mass is 32.2. The van der Waals surface area contributed by atoms with Gasteiger partial charge in [-0.05, 0) is 29.8 Å². The zero-order valence-corrected chi connectivity index (χ0v) is 14.3. The molecule has 0 atom stereocenters. The Balaban J connectivity index is 1.61. The van der Waals surface area contributed by atoms with Gasteiger partial charge in [-0.2, -0.15) is 0 Å². The van der Waals surface area contributed by atoms with Gasteiger partial charge in [0.2, 0.25) is 16.8 Å². The van der Waals surface area contributed by atoms with E-state index in [0.717, 1.165) is 11.8 Å². The number of fused-ring (bicyclic) bond motifs is 1. The Morgan fingerprint density at radius 2 is 1.96 bits per heavy atom. The van der Waals surface area contributed by atoms with Crippen LogP contribution in [0.4, 0.5) is 0 Å². The summed E-state index contributed by atoms with van der Waals surface area (Å²) in [5, 5.41) is 2.80. The molecular formula is C16H17N3O5S. The lowest BCUT2D eigenvalue weighted by atomic mass is 10.2. The summed E-state index contributed by atoms with van der Waals surface area (Å²) in [5.41, 5.74) is 1.74. The van der Waals surface area contributed by atoms with E-state index in [9.17, 15) is 13.2 Å². The summed E-state index contributed by atoms with van der Waals surface area (Å²) in [6, 6.07) is 8.58. The van der Waals surface area contributed by atoms with E-state index in [1.807, 2.05) is 12.1 Å². The largest absolute Gasteiger partial charge is 0.454 e. The van der Waals surface area contributed by atoms with Gasteiger partial charge in [0.05, 0.1) is 18.5 Å². The minimum absolute atomic E-state index is 0.0299. The van der Waals surface area contributed by atoms with E-state index in [-0.39, 0.29) is 19.2 Å². The third-order valence-corrected chi connectivity index (χ3v) is 4.15. The fraction of sp³-hybridized carbons (Fsp3) is 0.250. The molecule has 0 saturated carbocycles. The van der Waals surface area contributed by atoms with E-state index in [2.05, 4.69) is 15.0 Å². The van der Waals surface area contributed by atoms with E-state index in [4.69, 9.17) is 9.47 Å². The fourth-order valence-corrected chi connectivity index (χ4v) is 2.67. The maximum absolute atomic E-state index is 12.3. The first-order valence-corrected chi connectivity index (χ1v) is 9.36. The number of amides is 1. The lowest BCUT2D eigenvalue weighted by Gasteiger charge is -2.08. The second-order valence-corrected chi connectivity index (χ2v) is 7.33. The van der Waals surface area contributed by atoms with Crippen LogP contribution in [-0.2, 0) is 23.1 Å². The van der Waals surface area contributed by atoms with Crippen LogP contribution in [0.1, 0.15) is 21.6 Å². The Hall–Kier alpha value is -2.65. The first-order chi connectivity index (χ1) is 11.9. The first-order valence-electron chi connectivity index (χ1n) is 7.47. The molecule has 2 heterocycles. The number of nitrogens with one attached hydrogen (secondary N) is 2. The third-order valence-electron chi connectivity index (χ3n) is 3.48. The standard InChI is InChI=1S/C16H17N3O5S/c1-25(21,22)19-9-13-7-12(4-5-17-13)16(20)18-8-11-2-3-14-15(6-11)24-10-23-14/h2-7,19H,8-10H2,1H3,(H,18,20). The number of nitrogens with zero attached hydrogens (tertiary/aromatic N) is 1. The summed E-state index contributed by atoms with van der Waals surface area (Å²) in [7, 11) is -3.32. The summed E-state index contributed by atoms with van der Waals surface area (Å²) in [6.45, 7) is 0.559. The maximum atomic E-state index is 12.3. The van der Waals surface area contributed by atoms with Gasteiger partial charge in [-0.15, -0.1) is 0 Å². The van der Waals surface area contributed by atoms with Gasteiger partial charge in [-0.25, -0.2) is 13.1 Å². The van der Waals surface area contributed by atoms with Crippen LogP contribution in [0.5, 0.6) is 11.5 Å². The molecule has 1 aromatic carbocycles. The number of hydrogen-bond acceptors (Lipinski definition) is 6. The highest BCUT2D eigenvalue weighted by molar-refractivity contribution is 7.88. The molecule has 0 aliphatic carbocycles. The number of benzene rings is 1. The van der Waals surface area contributed by atoms with E-state index in [1.54, 1.807) is 18.2 Å². The molecule has 3 rings (SSSR count). The van der Waals surface area contributed by atoms with Crippen molar-refractivity contribution in [3.63, 3.8) is 0 Å². The fourth-order valence-electron chi connectivity index (χ4n) is 2.26. The number of pyridine rings is 1. The zero-order chi connectivity index (χ0) is 17.9. The van der Waals surface area contributed by atoms with Crippen molar-refractivity contribution >= 4 is 15.9 Å². The van der Waals surface area contributed by atoms with Gasteiger partial charge < -0.3 is 14.8 Å². The Kier molecular flexibility index (Phi) is 4.86. The molecule has 0 unspecified atom stereocenters. The molecule has 1 aliphatic rings. The normalized spacial score (nSPS) is 12.8. The highest BCUT2D eigenvalue weighted by Crippen LogP contribution is 2.32. The molecule has 1 aliphatic heterocycles. The lowest BCUT2D eigenvalue weighted by molar-refractivity contribution is 0.0950. The number of hydrogen-bond donors (Lipinski definition) is 2. The summed E-state index contributed by atoms with van der Waals surface area (Å²) in [4.78, 5) is 16.3. The average Bonchev–Trinajstić information content (AvgIpc) is 3.05. The second-order valence-electron chi connectivity index (χ2n) is 5.50. The van der Waals surface area contributed by atoms with Gasteiger partial charge in [0.15, 0.2) is 11.5 Å². The number of carbonyl (C=O) groups excluding carboxylic acids is 1. The molecule has 0 radical (unpaired) electrons. The van der Waals surface area contributed by atoms with E-state index < -0.39 is 10.0 Å². The molecular weight excluding hydrogens is 346 g/mol. The molecule has 1 aromatic heterocycles. The molecule has 9 heteroatoms. The number of rotatable bonds is 6. The Morgan fingerprint density at radius 3 is 2.76 bits per heavy atom. The van der Waals surface area contributed by atoms with Crippen molar-refractivity contribution in [2.75, 3.05) is 13.0 Å². The SMILES string of the molecule is CS(=O)(=O)NCc1cc(C(=O)NCc2ccc3c(c2)OCO3)ccn1. The molecule has 0 bridgehead atoms. The lowest BCUT2D eigenvalue weighted by Crippen LogP contribution is -2.24. The van der Waals surface area contributed by atoms with Crippen LogP contribution < -0.4 is 19.5 Å². The molecule has 0 saturated heterocycles. The molecule has 0 fully saturated rings. The van der Waals surface area contributed by atoms with Gasteiger partial charge in [-0.1, -0.05) is 6.07 Å². The van der Waals surface area contributed by atoms with Crippen molar-refractivity contribution in [1.82, 2.24) is 15.0 Å². The summed E-state index contributed by atoms with van der Waals surface area (Å²) in [6.07, 6.45) is 2.53. The average molecular weight is 363 g/mol. The number of sulfonamides is 1. The van der Waals surface area contributed by atoms with Gasteiger partial charge in [-0.3, -0.25) is 9.78 Å². The van der Waals surface area contributed by atoms with Crippen molar-refractivity contribution in [1.29, 1.82) is 0 Å². The van der Waals surface area contributed by atoms with Crippen molar-refractivity contribution in [3.05, 3.63) is 53.3 Å². The van der Waals surface area contributed by atoms with Crippen LogP contribution in [-0.4, -0.2) is 32.4 Å². The first kappa shape index (κ1) is 17.2. The van der Waals surface area contributed by atoms with Gasteiger partial charge in [0.25, 0.3) is 5.91 Å². The van der Waals surface area contributed by atoms with Gasteiger partial charge in [0.1, 0.15) is 0 Å². The van der Waals surface area contributed by atoms with Gasteiger partial charge in [0, 0.05) is 18.3 Å². The van der Waals surface area contributed by atoms with Crippen LogP contribution in [0.25, 0.3) is 0 Å². The minimum atomic E-state index is -3.32. The topological polar surface area (TPSA) is 107 Å².